The summed E-state index contributed by atoms with van der Waals surface area (Å²) in [5.74, 6) is 5.83. The summed E-state index contributed by atoms with van der Waals surface area (Å²) in [7, 11) is 0. The lowest BCUT2D eigenvalue weighted by Crippen LogP contribution is -2.53. The summed E-state index contributed by atoms with van der Waals surface area (Å²) in [5, 5.41) is 0. The fourth-order valence-corrected chi connectivity index (χ4v) is 0.671. The van der Waals surface area contributed by atoms with Crippen LogP contribution in [0, 0.1) is 0 Å². The SMILES string of the molecule is CC[N+](N)(CC)CC.[OH-]. The minimum Gasteiger partial charge on any atom is -0.870 e. The third kappa shape index (κ3) is 3.46. The lowest BCUT2D eigenvalue weighted by atomic mass is 10.5. The van der Waals surface area contributed by atoms with Crippen molar-refractivity contribution >= 4 is 0 Å². The van der Waals surface area contributed by atoms with Crippen LogP contribution in [0.5, 0.6) is 0 Å². The highest BCUT2D eigenvalue weighted by Gasteiger charge is 2.12. The van der Waals surface area contributed by atoms with Gasteiger partial charge in [-0.3, -0.25) is 0 Å². The molecule has 0 aliphatic heterocycles. The predicted octanol–water partition coefficient (Wildman–Crippen LogP) is 0.560. The molecule has 0 radical (unpaired) electrons. The zero-order chi connectivity index (χ0) is 6.62. The zero-order valence-electron chi connectivity index (χ0n) is 6.59. The van der Waals surface area contributed by atoms with Crippen LogP contribution in [0.3, 0.4) is 0 Å². The van der Waals surface area contributed by atoms with E-state index in [1.165, 1.54) is 0 Å². The molecule has 0 atom stereocenters. The van der Waals surface area contributed by atoms with Crippen LogP contribution in [-0.4, -0.2) is 29.7 Å². The average molecular weight is 134 g/mol. The Bertz CT molecular complexity index is 53.8. The Labute approximate surface area is 57.3 Å². The molecule has 0 spiro atoms. The van der Waals surface area contributed by atoms with E-state index >= 15 is 0 Å². The summed E-state index contributed by atoms with van der Waals surface area (Å²) in [6.07, 6.45) is 0. The first-order valence-corrected chi connectivity index (χ1v) is 3.33. The first kappa shape index (κ1) is 11.6. The Morgan fingerprint density at radius 2 is 1.22 bits per heavy atom. The molecule has 9 heavy (non-hydrogen) atoms. The number of quaternary nitrogens is 1. The second-order valence-corrected chi connectivity index (χ2v) is 2.17. The monoisotopic (exact) mass is 134 g/mol. The summed E-state index contributed by atoms with van der Waals surface area (Å²) >= 11 is 0. The first-order valence-electron chi connectivity index (χ1n) is 3.33. The molecule has 0 aliphatic rings. The zero-order valence-corrected chi connectivity index (χ0v) is 6.59. The van der Waals surface area contributed by atoms with Crippen molar-refractivity contribution in [2.75, 3.05) is 19.6 Å². The van der Waals surface area contributed by atoms with Crippen molar-refractivity contribution in [3.8, 4) is 0 Å². The summed E-state index contributed by atoms with van der Waals surface area (Å²) in [6, 6.07) is 0. The molecular formula is C6H18N2O. The third-order valence-corrected chi connectivity index (χ3v) is 1.89. The minimum absolute atomic E-state index is 0. The molecule has 0 bridgehead atoms. The van der Waals surface area contributed by atoms with Gasteiger partial charge in [0.25, 0.3) is 0 Å². The van der Waals surface area contributed by atoms with Gasteiger partial charge in [0, 0.05) is 0 Å². The van der Waals surface area contributed by atoms with Gasteiger partial charge in [0.05, 0.1) is 19.6 Å². The highest BCUT2D eigenvalue weighted by molar-refractivity contribution is 4.22. The van der Waals surface area contributed by atoms with Gasteiger partial charge in [0.1, 0.15) is 0 Å². The van der Waals surface area contributed by atoms with Crippen LogP contribution < -0.4 is 5.84 Å². The van der Waals surface area contributed by atoms with E-state index in [0.717, 1.165) is 19.6 Å². The normalized spacial score (nSPS) is 10.7. The van der Waals surface area contributed by atoms with Crippen LogP contribution in [0.25, 0.3) is 0 Å². The number of nitrogens with zero attached hydrogens (tertiary/aromatic N) is 1. The number of nitrogens with two attached hydrogens (primary N) is 1. The molecule has 3 heteroatoms. The quantitative estimate of drug-likeness (QED) is 0.348. The Balaban J connectivity index is 0. The van der Waals surface area contributed by atoms with Gasteiger partial charge in [-0.05, 0) is 20.8 Å². The Morgan fingerprint density at radius 1 is 1.00 bits per heavy atom. The molecule has 0 aromatic rings. The minimum atomic E-state index is 0. The maximum absolute atomic E-state index is 5.83. The van der Waals surface area contributed by atoms with Crippen molar-refractivity contribution in [1.29, 1.82) is 0 Å². The van der Waals surface area contributed by atoms with Crippen molar-refractivity contribution in [1.82, 2.24) is 0 Å². The molecule has 58 valence electrons. The second-order valence-electron chi connectivity index (χ2n) is 2.17. The van der Waals surface area contributed by atoms with E-state index in [2.05, 4.69) is 20.8 Å². The van der Waals surface area contributed by atoms with E-state index < -0.39 is 0 Å². The smallest absolute Gasteiger partial charge is 0.0931 e. The molecule has 3 N–H and O–H groups in total. The van der Waals surface area contributed by atoms with Crippen LogP contribution in [0.15, 0.2) is 0 Å². The van der Waals surface area contributed by atoms with Crippen molar-refractivity contribution in [3.63, 3.8) is 0 Å². The lowest BCUT2D eigenvalue weighted by molar-refractivity contribution is -0.935. The van der Waals surface area contributed by atoms with Gasteiger partial charge in [0.2, 0.25) is 0 Å². The summed E-state index contributed by atoms with van der Waals surface area (Å²) in [4.78, 5) is 0. The Hall–Kier alpha value is -0.120. The lowest BCUT2D eigenvalue weighted by Gasteiger charge is -2.28. The number of hydrogen-bond acceptors (Lipinski definition) is 2. The summed E-state index contributed by atoms with van der Waals surface area (Å²) in [5.41, 5.74) is 0. The van der Waals surface area contributed by atoms with E-state index in [0.29, 0.717) is 4.59 Å². The van der Waals surface area contributed by atoms with Gasteiger partial charge in [0.15, 0.2) is 0 Å². The molecule has 0 saturated carbocycles. The van der Waals surface area contributed by atoms with Crippen molar-refractivity contribution in [2.24, 2.45) is 5.84 Å². The topological polar surface area (TPSA) is 56.0 Å². The molecule has 0 aromatic carbocycles. The second kappa shape index (κ2) is 4.73. The van der Waals surface area contributed by atoms with Crippen LogP contribution in [0.2, 0.25) is 0 Å². The highest BCUT2D eigenvalue weighted by Crippen LogP contribution is 1.92. The maximum atomic E-state index is 5.83. The predicted molar refractivity (Wildman–Crippen MR) is 38.0 cm³/mol. The van der Waals surface area contributed by atoms with Gasteiger partial charge in [-0.25, -0.2) is 4.59 Å². The first-order chi connectivity index (χ1) is 3.68. The van der Waals surface area contributed by atoms with Gasteiger partial charge >= 0.3 is 0 Å². The Kier molecular flexibility index (Phi) is 6.12. The summed E-state index contributed by atoms with van der Waals surface area (Å²) in [6.45, 7) is 9.46. The molecule has 0 amide bonds. The fourth-order valence-electron chi connectivity index (χ4n) is 0.671. The average Bonchev–Trinajstić information content (AvgIpc) is 1.87. The highest BCUT2D eigenvalue weighted by atomic mass is 16.0. The van der Waals surface area contributed by atoms with E-state index in [1.54, 1.807) is 0 Å². The van der Waals surface area contributed by atoms with Crippen LogP contribution in [0.1, 0.15) is 20.8 Å². The van der Waals surface area contributed by atoms with Gasteiger partial charge in [-0.2, -0.15) is 5.84 Å². The van der Waals surface area contributed by atoms with Gasteiger partial charge in [-0.1, -0.05) is 0 Å². The largest absolute Gasteiger partial charge is 0.870 e. The fraction of sp³-hybridized carbons (Fsp3) is 1.00. The van der Waals surface area contributed by atoms with Gasteiger partial charge in [-0.15, -0.1) is 0 Å². The molecule has 3 nitrogen and oxygen atoms in total. The van der Waals surface area contributed by atoms with E-state index in [-0.39, 0.29) is 5.48 Å². The van der Waals surface area contributed by atoms with Crippen molar-refractivity contribution < 1.29 is 10.1 Å². The Morgan fingerprint density at radius 3 is 1.22 bits per heavy atom. The van der Waals surface area contributed by atoms with Crippen LogP contribution in [-0.2, 0) is 0 Å². The van der Waals surface area contributed by atoms with Crippen LogP contribution >= 0.6 is 0 Å². The molecule has 0 aliphatic carbocycles. The third-order valence-electron chi connectivity index (χ3n) is 1.89. The van der Waals surface area contributed by atoms with Crippen LogP contribution in [0.4, 0.5) is 0 Å². The molecule has 0 heterocycles. The van der Waals surface area contributed by atoms with E-state index in [4.69, 9.17) is 5.84 Å². The number of hydrogen-bond donors (Lipinski definition) is 1. The molecule has 0 fully saturated rings. The molecule has 0 rings (SSSR count). The molecule has 0 unspecified atom stereocenters. The van der Waals surface area contributed by atoms with Gasteiger partial charge < -0.3 is 5.48 Å². The van der Waals surface area contributed by atoms with E-state index in [9.17, 15) is 0 Å². The molecule has 0 aromatic heterocycles. The van der Waals surface area contributed by atoms with Crippen molar-refractivity contribution in [3.05, 3.63) is 0 Å². The maximum Gasteiger partial charge on any atom is 0.0931 e. The van der Waals surface area contributed by atoms with Crippen molar-refractivity contribution in [2.45, 2.75) is 20.8 Å². The standard InChI is InChI=1S/C6H17N2.H2O/c1-4-8(7,5-2)6-3;/h4-7H2,1-3H3;1H2/q+1;/p-1. The summed E-state index contributed by atoms with van der Waals surface area (Å²) < 4.78 is 0.708. The number of rotatable bonds is 3. The van der Waals surface area contributed by atoms with E-state index in [1.807, 2.05) is 0 Å². The molecular weight excluding hydrogens is 116 g/mol. The molecule has 0 saturated heterocycles.